The van der Waals surface area contributed by atoms with Gasteiger partial charge in [0.1, 0.15) is 5.37 Å². The van der Waals surface area contributed by atoms with Crippen LogP contribution in [-0.2, 0) is 19.9 Å². The maximum absolute atomic E-state index is 12.7. The van der Waals surface area contributed by atoms with Crippen molar-refractivity contribution in [3.05, 3.63) is 60.2 Å². The van der Waals surface area contributed by atoms with Crippen LogP contribution >= 0.6 is 0 Å². The normalized spacial score (nSPS) is 28.5. The first-order valence-corrected chi connectivity index (χ1v) is 10.9. The van der Waals surface area contributed by atoms with Gasteiger partial charge in [0.25, 0.3) is 0 Å². The maximum Gasteiger partial charge on any atom is 0.244 e. The average Bonchev–Trinajstić information content (AvgIpc) is 3.47. The summed E-state index contributed by atoms with van der Waals surface area (Å²) >= 11 is 0. The Kier molecular flexibility index (Phi) is 3.77. The third-order valence-corrected chi connectivity index (χ3v) is 8.53. The van der Waals surface area contributed by atoms with Gasteiger partial charge >= 0.3 is 0 Å². The monoisotopic (exact) mass is 378 g/mol. The summed E-state index contributed by atoms with van der Waals surface area (Å²) in [5, 5.41) is -0.642. The molecular formula is C17H18N2O4S2. The third kappa shape index (κ3) is 2.89. The van der Waals surface area contributed by atoms with Crippen LogP contribution in [0.2, 0.25) is 0 Å². The van der Waals surface area contributed by atoms with Crippen LogP contribution < -0.4 is 0 Å². The summed E-state index contributed by atoms with van der Waals surface area (Å²) in [6.07, 6.45) is -0.365. The van der Waals surface area contributed by atoms with Gasteiger partial charge in [-0.3, -0.25) is 4.90 Å². The Morgan fingerprint density at radius 2 is 1.48 bits per heavy atom. The summed E-state index contributed by atoms with van der Waals surface area (Å²) in [5.41, 5.74) is 0.994. The van der Waals surface area contributed by atoms with Gasteiger partial charge in [0, 0.05) is 13.1 Å². The molecule has 0 bridgehead atoms. The number of nitrogens with zero attached hydrogens (tertiary/aromatic N) is 2. The van der Waals surface area contributed by atoms with E-state index >= 15 is 0 Å². The van der Waals surface area contributed by atoms with E-state index in [1.54, 1.807) is 59.5 Å². The number of hydrogen-bond donors (Lipinski definition) is 0. The van der Waals surface area contributed by atoms with E-state index in [2.05, 4.69) is 0 Å². The van der Waals surface area contributed by atoms with Crippen LogP contribution in [-0.4, -0.2) is 50.7 Å². The zero-order chi connectivity index (χ0) is 17.8. The molecule has 2 aromatic rings. The van der Waals surface area contributed by atoms with Crippen LogP contribution in [0.25, 0.3) is 0 Å². The Morgan fingerprint density at radius 3 is 2.12 bits per heavy atom. The molecule has 0 radical (unpaired) electrons. The molecule has 2 aliphatic rings. The van der Waals surface area contributed by atoms with Gasteiger partial charge in [-0.05, 0) is 31.2 Å². The van der Waals surface area contributed by atoms with Gasteiger partial charge in [-0.25, -0.2) is 16.8 Å². The first-order chi connectivity index (χ1) is 11.8. The van der Waals surface area contributed by atoms with Crippen LogP contribution in [0.1, 0.15) is 5.56 Å². The van der Waals surface area contributed by atoms with Crippen molar-refractivity contribution in [3.8, 4) is 0 Å². The molecule has 132 valence electrons. The molecule has 25 heavy (non-hydrogen) atoms. The molecule has 6 nitrogen and oxygen atoms in total. The molecule has 2 aromatic carbocycles. The van der Waals surface area contributed by atoms with Gasteiger partial charge < -0.3 is 0 Å². The molecule has 0 spiro atoms. The molecule has 0 N–H and O–H groups in total. The van der Waals surface area contributed by atoms with Crippen molar-refractivity contribution in [2.75, 3.05) is 13.1 Å². The molecular weight excluding hydrogens is 360 g/mol. The molecule has 2 aliphatic heterocycles. The molecule has 4 rings (SSSR count). The summed E-state index contributed by atoms with van der Waals surface area (Å²) in [5.74, 6) is 0. The van der Waals surface area contributed by atoms with Crippen LogP contribution in [0, 0.1) is 6.92 Å². The van der Waals surface area contributed by atoms with E-state index in [1.807, 2.05) is 6.92 Å². The lowest BCUT2D eigenvalue weighted by atomic mass is 10.2. The lowest BCUT2D eigenvalue weighted by Gasteiger charge is -2.08. The minimum absolute atomic E-state index is 0.234. The minimum Gasteiger partial charge on any atom is -0.265 e. The lowest BCUT2D eigenvalue weighted by molar-refractivity contribution is 0.454. The molecule has 0 aromatic heterocycles. The van der Waals surface area contributed by atoms with Crippen molar-refractivity contribution in [2.24, 2.45) is 0 Å². The summed E-state index contributed by atoms with van der Waals surface area (Å²) in [4.78, 5) is 2.23. The van der Waals surface area contributed by atoms with Crippen LogP contribution in [0.5, 0.6) is 0 Å². The highest BCUT2D eigenvalue weighted by atomic mass is 32.2. The van der Waals surface area contributed by atoms with Crippen molar-refractivity contribution in [1.29, 1.82) is 0 Å². The molecule has 4 atom stereocenters. The van der Waals surface area contributed by atoms with Gasteiger partial charge in [-0.2, -0.15) is 4.31 Å². The zero-order valence-electron chi connectivity index (χ0n) is 13.6. The van der Waals surface area contributed by atoms with Crippen molar-refractivity contribution >= 4 is 19.9 Å². The molecule has 2 saturated heterocycles. The third-order valence-electron chi connectivity index (χ3n) is 4.59. The molecule has 0 aliphatic carbocycles. The topological polar surface area (TPSA) is 74.3 Å². The standard InChI is InChI=1S/C17H18N2O4S2/c1-13-7-9-14(10-8-13)24(20,21)17-12-18(17)16-11-19(16)25(22,23)15-5-3-2-4-6-15/h2-10,16-17H,11-12H2,1H3. The summed E-state index contributed by atoms with van der Waals surface area (Å²) < 4.78 is 51.8. The van der Waals surface area contributed by atoms with Crippen molar-refractivity contribution < 1.29 is 16.8 Å². The number of benzene rings is 2. The lowest BCUT2D eigenvalue weighted by Crippen LogP contribution is -2.22. The Morgan fingerprint density at radius 1 is 0.840 bits per heavy atom. The number of sulfonamides is 1. The number of sulfone groups is 1. The summed E-state index contributed by atoms with van der Waals surface area (Å²) in [6.45, 7) is 2.59. The number of rotatable bonds is 5. The Bertz CT molecular complexity index is 1000. The smallest absolute Gasteiger partial charge is 0.244 e. The highest BCUT2D eigenvalue weighted by Gasteiger charge is 2.59. The van der Waals surface area contributed by atoms with E-state index < -0.39 is 25.2 Å². The van der Waals surface area contributed by atoms with Gasteiger partial charge in [0.15, 0.2) is 9.84 Å². The Labute approximate surface area is 147 Å². The molecule has 4 unspecified atom stereocenters. The van der Waals surface area contributed by atoms with Crippen LogP contribution in [0.3, 0.4) is 0 Å². The van der Waals surface area contributed by atoms with E-state index in [-0.39, 0.29) is 16.0 Å². The number of hydrogen-bond acceptors (Lipinski definition) is 5. The number of aryl methyl sites for hydroxylation is 1. The van der Waals surface area contributed by atoms with Crippen molar-refractivity contribution in [3.63, 3.8) is 0 Å². The highest BCUT2D eigenvalue weighted by Crippen LogP contribution is 2.40. The van der Waals surface area contributed by atoms with Crippen molar-refractivity contribution in [1.82, 2.24) is 9.21 Å². The van der Waals surface area contributed by atoms with Crippen LogP contribution in [0.15, 0.2) is 64.4 Å². The van der Waals surface area contributed by atoms with E-state index in [0.717, 1.165) is 5.56 Å². The first-order valence-electron chi connectivity index (χ1n) is 7.95. The minimum atomic E-state index is -3.56. The predicted molar refractivity (Wildman–Crippen MR) is 93.0 cm³/mol. The van der Waals surface area contributed by atoms with Crippen molar-refractivity contribution in [2.45, 2.75) is 28.3 Å². The predicted octanol–water partition coefficient (Wildman–Crippen LogP) is 1.44. The second-order valence-electron chi connectivity index (χ2n) is 6.38. The fourth-order valence-electron chi connectivity index (χ4n) is 2.98. The van der Waals surface area contributed by atoms with Gasteiger partial charge in [-0.15, -0.1) is 0 Å². The fourth-order valence-corrected chi connectivity index (χ4v) is 6.22. The van der Waals surface area contributed by atoms with Gasteiger partial charge in [0.2, 0.25) is 10.0 Å². The summed E-state index contributed by atoms with van der Waals surface area (Å²) in [6, 6.07) is 14.9. The highest BCUT2D eigenvalue weighted by molar-refractivity contribution is 7.92. The van der Waals surface area contributed by atoms with Gasteiger partial charge in [0.05, 0.1) is 16.0 Å². The molecule has 2 fully saturated rings. The molecule has 0 saturated carbocycles. The summed E-state index contributed by atoms with van der Waals surface area (Å²) in [7, 11) is -7.03. The maximum atomic E-state index is 12.7. The largest absolute Gasteiger partial charge is 0.265 e. The second kappa shape index (κ2) is 5.63. The van der Waals surface area contributed by atoms with E-state index in [4.69, 9.17) is 0 Å². The molecule has 0 amide bonds. The van der Waals surface area contributed by atoms with Gasteiger partial charge in [-0.1, -0.05) is 35.9 Å². The SMILES string of the molecule is Cc1ccc(S(=O)(=O)C2CN2C2CN2S(=O)(=O)c2ccccc2)cc1. The van der Waals surface area contributed by atoms with E-state index in [0.29, 0.717) is 13.1 Å². The fraction of sp³-hybridized carbons (Fsp3) is 0.294. The zero-order valence-corrected chi connectivity index (χ0v) is 15.2. The average molecular weight is 378 g/mol. The second-order valence-corrected chi connectivity index (χ2v) is 10.4. The Hall–Kier alpha value is -1.74. The van der Waals surface area contributed by atoms with E-state index in [1.165, 1.54) is 4.31 Å². The Balaban J connectivity index is 1.49. The molecule has 2 heterocycles. The molecule has 8 heteroatoms. The quantitative estimate of drug-likeness (QED) is 0.736. The van der Waals surface area contributed by atoms with E-state index in [9.17, 15) is 16.8 Å². The first kappa shape index (κ1) is 16.7. The van der Waals surface area contributed by atoms with Crippen LogP contribution in [0.4, 0.5) is 0 Å².